The van der Waals surface area contributed by atoms with E-state index in [0.717, 1.165) is 38.1 Å². The van der Waals surface area contributed by atoms with Crippen molar-refractivity contribution in [2.75, 3.05) is 19.7 Å². The molecule has 16 heavy (non-hydrogen) atoms. The maximum Gasteiger partial charge on any atom is 0.103 e. The van der Waals surface area contributed by atoms with Gasteiger partial charge in [-0.1, -0.05) is 6.42 Å². The van der Waals surface area contributed by atoms with E-state index in [9.17, 15) is 5.11 Å². The second kappa shape index (κ2) is 6.06. The van der Waals surface area contributed by atoms with Crippen LogP contribution in [-0.2, 0) is 6.42 Å². The molecule has 1 aliphatic heterocycles. The summed E-state index contributed by atoms with van der Waals surface area (Å²) in [5.41, 5.74) is 0. The van der Waals surface area contributed by atoms with Crippen molar-refractivity contribution in [3.05, 3.63) is 24.2 Å². The van der Waals surface area contributed by atoms with Crippen LogP contribution in [0.3, 0.4) is 0 Å². The zero-order valence-electron chi connectivity index (χ0n) is 9.77. The Balaban J connectivity index is 1.71. The van der Waals surface area contributed by atoms with Gasteiger partial charge in [0.25, 0.3) is 0 Å². The van der Waals surface area contributed by atoms with Gasteiger partial charge in [0.2, 0.25) is 0 Å². The highest BCUT2D eigenvalue weighted by atomic mass is 16.3. The van der Waals surface area contributed by atoms with Crippen molar-refractivity contribution in [2.24, 2.45) is 0 Å². The van der Waals surface area contributed by atoms with Crippen molar-refractivity contribution >= 4 is 0 Å². The van der Waals surface area contributed by atoms with Gasteiger partial charge in [-0.2, -0.15) is 0 Å². The van der Waals surface area contributed by atoms with Crippen LogP contribution in [0.4, 0.5) is 0 Å². The van der Waals surface area contributed by atoms with E-state index < -0.39 is 0 Å². The van der Waals surface area contributed by atoms with E-state index in [-0.39, 0.29) is 0 Å². The van der Waals surface area contributed by atoms with Gasteiger partial charge in [0.1, 0.15) is 5.76 Å². The summed E-state index contributed by atoms with van der Waals surface area (Å²) in [6.07, 6.45) is 7.53. The van der Waals surface area contributed by atoms with Crippen molar-refractivity contribution < 1.29 is 9.52 Å². The topological polar surface area (TPSA) is 36.6 Å². The van der Waals surface area contributed by atoms with E-state index in [1.54, 1.807) is 6.26 Å². The summed E-state index contributed by atoms with van der Waals surface area (Å²) in [5.74, 6) is 1.07. The number of aliphatic hydroxyl groups is 1. The first-order valence-electron chi connectivity index (χ1n) is 6.27. The number of rotatable bonds is 5. The molecule has 0 saturated carbocycles. The number of nitrogens with zero attached hydrogens (tertiary/aromatic N) is 1. The SMILES string of the molecule is OC[C@@H]1CCCCN1CCCc1ccco1. The number of hydrogen-bond donors (Lipinski definition) is 1. The van der Waals surface area contributed by atoms with E-state index in [2.05, 4.69) is 4.90 Å². The molecule has 3 nitrogen and oxygen atoms in total. The Hall–Kier alpha value is -0.800. The molecule has 1 aliphatic rings. The maximum atomic E-state index is 9.28. The number of likely N-dealkylation sites (tertiary alicyclic amines) is 1. The first-order chi connectivity index (χ1) is 7.90. The molecule has 1 aromatic heterocycles. The summed E-state index contributed by atoms with van der Waals surface area (Å²) >= 11 is 0. The first kappa shape index (κ1) is 11.7. The second-order valence-corrected chi connectivity index (χ2v) is 4.55. The molecule has 1 atom stereocenters. The minimum absolute atomic E-state index is 0.306. The molecule has 2 rings (SSSR count). The van der Waals surface area contributed by atoms with Gasteiger partial charge >= 0.3 is 0 Å². The van der Waals surface area contributed by atoms with Gasteiger partial charge in [0, 0.05) is 12.5 Å². The van der Waals surface area contributed by atoms with Crippen LogP contribution in [0.1, 0.15) is 31.4 Å². The van der Waals surface area contributed by atoms with Crippen LogP contribution in [0.15, 0.2) is 22.8 Å². The minimum atomic E-state index is 0.306. The average Bonchev–Trinajstić information content (AvgIpc) is 2.83. The predicted octanol–water partition coefficient (Wildman–Crippen LogP) is 2.06. The van der Waals surface area contributed by atoms with Gasteiger partial charge in [0.05, 0.1) is 12.9 Å². The minimum Gasteiger partial charge on any atom is -0.469 e. The smallest absolute Gasteiger partial charge is 0.103 e. The lowest BCUT2D eigenvalue weighted by Crippen LogP contribution is -2.42. The van der Waals surface area contributed by atoms with Gasteiger partial charge in [-0.05, 0) is 44.5 Å². The molecule has 3 heteroatoms. The van der Waals surface area contributed by atoms with Crippen LogP contribution in [0.2, 0.25) is 0 Å². The lowest BCUT2D eigenvalue weighted by molar-refractivity contribution is 0.0890. The average molecular weight is 223 g/mol. The molecule has 2 heterocycles. The Labute approximate surface area is 97.1 Å². The summed E-state index contributed by atoms with van der Waals surface area (Å²) < 4.78 is 5.31. The standard InChI is InChI=1S/C13H21NO2/c15-11-12-5-1-2-8-14(12)9-3-6-13-7-4-10-16-13/h4,7,10,12,15H,1-3,5-6,8-9,11H2/t12-/m0/s1. The highest BCUT2D eigenvalue weighted by Gasteiger charge is 2.20. The zero-order valence-corrected chi connectivity index (χ0v) is 9.77. The van der Waals surface area contributed by atoms with Crippen molar-refractivity contribution in [3.8, 4) is 0 Å². The summed E-state index contributed by atoms with van der Waals surface area (Å²) in [7, 11) is 0. The van der Waals surface area contributed by atoms with E-state index in [1.807, 2.05) is 12.1 Å². The third-order valence-corrected chi connectivity index (χ3v) is 3.41. The zero-order chi connectivity index (χ0) is 11.2. The molecule has 0 aliphatic carbocycles. The third kappa shape index (κ3) is 3.09. The predicted molar refractivity (Wildman–Crippen MR) is 63.3 cm³/mol. The number of aryl methyl sites for hydroxylation is 1. The van der Waals surface area contributed by atoms with Crippen LogP contribution in [-0.4, -0.2) is 35.7 Å². The Kier molecular flexibility index (Phi) is 4.43. The van der Waals surface area contributed by atoms with Crippen LogP contribution < -0.4 is 0 Å². The number of aliphatic hydroxyl groups excluding tert-OH is 1. The van der Waals surface area contributed by atoms with E-state index in [0.29, 0.717) is 12.6 Å². The molecule has 0 amide bonds. The Morgan fingerprint density at radius 3 is 3.12 bits per heavy atom. The van der Waals surface area contributed by atoms with Gasteiger partial charge in [-0.25, -0.2) is 0 Å². The summed E-state index contributed by atoms with van der Waals surface area (Å²) in [6.45, 7) is 2.52. The molecular formula is C13H21NO2. The molecule has 1 N–H and O–H groups in total. The number of furan rings is 1. The van der Waals surface area contributed by atoms with Crippen LogP contribution in [0, 0.1) is 0 Å². The molecule has 0 spiro atoms. The van der Waals surface area contributed by atoms with E-state index in [1.165, 1.54) is 12.8 Å². The molecule has 0 aromatic carbocycles. The molecule has 1 aromatic rings. The largest absolute Gasteiger partial charge is 0.469 e. The molecule has 1 fully saturated rings. The quantitative estimate of drug-likeness (QED) is 0.830. The number of piperidine rings is 1. The third-order valence-electron chi connectivity index (χ3n) is 3.41. The van der Waals surface area contributed by atoms with E-state index in [4.69, 9.17) is 4.42 Å². The summed E-state index contributed by atoms with van der Waals surface area (Å²) in [5, 5.41) is 9.28. The molecule has 0 unspecified atom stereocenters. The Morgan fingerprint density at radius 1 is 1.44 bits per heavy atom. The van der Waals surface area contributed by atoms with Crippen LogP contribution >= 0.6 is 0 Å². The van der Waals surface area contributed by atoms with Gasteiger partial charge < -0.3 is 9.52 Å². The number of hydrogen-bond acceptors (Lipinski definition) is 3. The molecule has 1 saturated heterocycles. The van der Waals surface area contributed by atoms with Gasteiger partial charge in [0.15, 0.2) is 0 Å². The van der Waals surface area contributed by atoms with Crippen LogP contribution in [0.25, 0.3) is 0 Å². The normalized spacial score (nSPS) is 22.4. The van der Waals surface area contributed by atoms with E-state index >= 15 is 0 Å². The fraction of sp³-hybridized carbons (Fsp3) is 0.692. The lowest BCUT2D eigenvalue weighted by Gasteiger charge is -2.34. The van der Waals surface area contributed by atoms with Crippen molar-refractivity contribution in [1.82, 2.24) is 4.90 Å². The lowest BCUT2D eigenvalue weighted by atomic mass is 10.0. The fourth-order valence-electron chi connectivity index (χ4n) is 2.47. The highest BCUT2D eigenvalue weighted by Crippen LogP contribution is 2.17. The van der Waals surface area contributed by atoms with Crippen LogP contribution in [0.5, 0.6) is 0 Å². The van der Waals surface area contributed by atoms with Crippen molar-refractivity contribution in [3.63, 3.8) is 0 Å². The molecular weight excluding hydrogens is 202 g/mol. The monoisotopic (exact) mass is 223 g/mol. The van der Waals surface area contributed by atoms with Crippen molar-refractivity contribution in [1.29, 1.82) is 0 Å². The highest BCUT2D eigenvalue weighted by molar-refractivity contribution is 4.98. The summed E-state index contributed by atoms with van der Waals surface area (Å²) in [4.78, 5) is 2.42. The Bertz CT molecular complexity index is 284. The van der Waals surface area contributed by atoms with Gasteiger partial charge in [-0.3, -0.25) is 4.90 Å². The molecule has 0 radical (unpaired) electrons. The fourth-order valence-corrected chi connectivity index (χ4v) is 2.47. The molecule has 0 bridgehead atoms. The first-order valence-corrected chi connectivity index (χ1v) is 6.27. The Morgan fingerprint density at radius 2 is 2.38 bits per heavy atom. The summed E-state index contributed by atoms with van der Waals surface area (Å²) in [6, 6.07) is 4.36. The second-order valence-electron chi connectivity index (χ2n) is 4.55. The van der Waals surface area contributed by atoms with Gasteiger partial charge in [-0.15, -0.1) is 0 Å². The maximum absolute atomic E-state index is 9.28. The van der Waals surface area contributed by atoms with Crippen molar-refractivity contribution in [2.45, 2.75) is 38.1 Å². The molecule has 90 valence electrons.